The van der Waals surface area contributed by atoms with Crippen molar-refractivity contribution < 1.29 is 14.3 Å². The molecule has 2 aromatic rings. The smallest absolute Gasteiger partial charge is 0.337 e. The minimum absolute atomic E-state index is 0.179. The Morgan fingerprint density at radius 3 is 2.37 bits per heavy atom. The van der Waals surface area contributed by atoms with Gasteiger partial charge in [-0.15, -0.1) is 0 Å². The quantitative estimate of drug-likeness (QED) is 0.649. The number of esters is 1. The molecule has 1 heterocycles. The van der Waals surface area contributed by atoms with Crippen LogP contribution < -0.4 is 10.2 Å². The third-order valence-electron chi connectivity index (χ3n) is 3.88. The van der Waals surface area contributed by atoms with Crippen molar-refractivity contribution in [3.63, 3.8) is 0 Å². The molecule has 0 spiro atoms. The molecule has 0 atom stereocenters. The zero-order valence-electron chi connectivity index (χ0n) is 15.2. The van der Waals surface area contributed by atoms with Crippen molar-refractivity contribution in [1.82, 2.24) is 5.32 Å². The van der Waals surface area contributed by atoms with E-state index in [1.807, 2.05) is 49.3 Å². The van der Waals surface area contributed by atoms with E-state index >= 15 is 0 Å². The number of anilines is 1. The normalized spacial score (nSPS) is 16.5. The lowest BCUT2D eigenvalue weighted by molar-refractivity contribution is -0.115. The molecule has 3 rings (SSSR count). The number of amidine groups is 1. The number of aliphatic imine (C=N–C) groups is 1. The second kappa shape index (κ2) is 8.09. The molecule has 2 aromatic carbocycles. The monoisotopic (exact) mass is 381 g/mol. The number of benzene rings is 2. The predicted octanol–water partition coefficient (Wildman–Crippen LogP) is 3.43. The molecule has 7 heteroatoms. The maximum atomic E-state index is 12.2. The van der Waals surface area contributed by atoms with Gasteiger partial charge in [0.2, 0.25) is 0 Å². The topological polar surface area (TPSA) is 71.0 Å². The summed E-state index contributed by atoms with van der Waals surface area (Å²) in [4.78, 5) is 30.7. The van der Waals surface area contributed by atoms with Crippen molar-refractivity contribution in [3.05, 3.63) is 64.6 Å². The summed E-state index contributed by atoms with van der Waals surface area (Å²) in [6, 6.07) is 14.6. The van der Waals surface area contributed by atoms with Crippen LogP contribution in [-0.4, -0.2) is 38.2 Å². The first-order chi connectivity index (χ1) is 13.0. The largest absolute Gasteiger partial charge is 0.465 e. The molecule has 1 fully saturated rings. The van der Waals surface area contributed by atoms with Gasteiger partial charge in [0.1, 0.15) is 0 Å². The Morgan fingerprint density at radius 1 is 1.11 bits per heavy atom. The van der Waals surface area contributed by atoms with E-state index in [2.05, 4.69) is 15.0 Å². The fourth-order valence-electron chi connectivity index (χ4n) is 2.41. The summed E-state index contributed by atoms with van der Waals surface area (Å²) in [6.07, 6.45) is 1.84. The molecule has 0 bridgehead atoms. The summed E-state index contributed by atoms with van der Waals surface area (Å²) < 4.78 is 4.67. The van der Waals surface area contributed by atoms with E-state index in [4.69, 9.17) is 0 Å². The van der Waals surface area contributed by atoms with Gasteiger partial charge in [-0.1, -0.05) is 12.1 Å². The lowest BCUT2D eigenvalue weighted by Crippen LogP contribution is -2.19. The fraction of sp³-hybridized carbons (Fsp3) is 0.150. The summed E-state index contributed by atoms with van der Waals surface area (Å²) in [7, 11) is 5.30. The Hall–Kier alpha value is -3.06. The van der Waals surface area contributed by atoms with Crippen LogP contribution in [0.1, 0.15) is 15.9 Å². The molecule has 138 valence electrons. The van der Waals surface area contributed by atoms with E-state index in [0.717, 1.165) is 11.3 Å². The maximum absolute atomic E-state index is 12.2. The highest BCUT2D eigenvalue weighted by Crippen LogP contribution is 2.28. The molecule has 27 heavy (non-hydrogen) atoms. The summed E-state index contributed by atoms with van der Waals surface area (Å²) >= 11 is 1.28. The molecule has 1 N–H and O–H groups in total. The molecule has 1 amide bonds. The highest BCUT2D eigenvalue weighted by molar-refractivity contribution is 8.18. The van der Waals surface area contributed by atoms with Crippen LogP contribution in [0.4, 0.5) is 11.4 Å². The molecule has 0 radical (unpaired) electrons. The second-order valence-corrected chi connectivity index (χ2v) is 7.04. The summed E-state index contributed by atoms with van der Waals surface area (Å²) in [5.41, 5.74) is 3.13. The number of nitrogens with zero attached hydrogens (tertiary/aromatic N) is 2. The molecule has 1 aliphatic rings. The molecular weight excluding hydrogens is 362 g/mol. The molecule has 1 saturated heterocycles. The summed E-state index contributed by atoms with van der Waals surface area (Å²) in [5.74, 6) is -0.579. The van der Waals surface area contributed by atoms with E-state index in [1.165, 1.54) is 18.9 Å². The van der Waals surface area contributed by atoms with E-state index in [1.54, 1.807) is 24.3 Å². The molecule has 0 saturated carbocycles. The SMILES string of the molecule is COC(=O)c1ccc(N=C2NC(=O)/C(=C/c3ccc(N(C)C)cc3)S2)cc1. The minimum Gasteiger partial charge on any atom is -0.465 e. The van der Waals surface area contributed by atoms with E-state index in [-0.39, 0.29) is 5.91 Å². The van der Waals surface area contributed by atoms with Crippen LogP contribution in [0, 0.1) is 0 Å². The summed E-state index contributed by atoms with van der Waals surface area (Å²) in [5, 5.41) is 3.26. The van der Waals surface area contributed by atoms with Gasteiger partial charge in [-0.3, -0.25) is 4.79 Å². The molecule has 6 nitrogen and oxygen atoms in total. The Bertz CT molecular complexity index is 916. The minimum atomic E-state index is -0.400. The van der Waals surface area contributed by atoms with E-state index in [9.17, 15) is 9.59 Å². The average molecular weight is 381 g/mol. The van der Waals surface area contributed by atoms with Crippen LogP contribution in [0.25, 0.3) is 6.08 Å². The fourth-order valence-corrected chi connectivity index (χ4v) is 3.25. The van der Waals surface area contributed by atoms with Gasteiger partial charge in [-0.2, -0.15) is 0 Å². The molecular formula is C20H19N3O3S. The van der Waals surface area contributed by atoms with E-state index in [0.29, 0.717) is 21.3 Å². The van der Waals surface area contributed by atoms with Gasteiger partial charge in [0, 0.05) is 19.8 Å². The highest BCUT2D eigenvalue weighted by Gasteiger charge is 2.23. The van der Waals surface area contributed by atoms with Crippen LogP contribution >= 0.6 is 11.8 Å². The third kappa shape index (κ3) is 4.57. The molecule has 1 aliphatic heterocycles. The van der Waals surface area contributed by atoms with Crippen molar-refractivity contribution in [1.29, 1.82) is 0 Å². The van der Waals surface area contributed by atoms with Gasteiger partial charge >= 0.3 is 5.97 Å². The van der Waals surface area contributed by atoms with Gasteiger partial charge < -0.3 is 15.0 Å². The predicted molar refractivity (Wildman–Crippen MR) is 109 cm³/mol. The number of rotatable bonds is 4. The lowest BCUT2D eigenvalue weighted by atomic mass is 10.2. The Balaban J connectivity index is 1.74. The Kier molecular flexibility index (Phi) is 5.61. The number of carbonyl (C=O) groups is 2. The Labute approximate surface area is 161 Å². The lowest BCUT2D eigenvalue weighted by Gasteiger charge is -2.11. The number of amides is 1. The van der Waals surface area contributed by atoms with Crippen molar-refractivity contribution >= 4 is 46.3 Å². The van der Waals surface area contributed by atoms with Crippen molar-refractivity contribution in [3.8, 4) is 0 Å². The summed E-state index contributed by atoms with van der Waals surface area (Å²) in [6.45, 7) is 0. The number of carbonyl (C=O) groups excluding carboxylic acids is 2. The first-order valence-electron chi connectivity index (χ1n) is 8.21. The number of ether oxygens (including phenoxy) is 1. The van der Waals surface area contributed by atoms with Gasteiger partial charge in [-0.25, -0.2) is 9.79 Å². The average Bonchev–Trinajstić information content (AvgIpc) is 3.01. The first kappa shape index (κ1) is 18.7. The van der Waals surface area contributed by atoms with Crippen LogP contribution in [0.15, 0.2) is 58.4 Å². The van der Waals surface area contributed by atoms with Crippen molar-refractivity contribution in [2.24, 2.45) is 4.99 Å². The number of thioether (sulfide) groups is 1. The van der Waals surface area contributed by atoms with Gasteiger partial charge in [0.15, 0.2) is 5.17 Å². The number of hydrogen-bond acceptors (Lipinski definition) is 6. The van der Waals surface area contributed by atoms with Gasteiger partial charge in [0.05, 0.1) is 23.3 Å². The van der Waals surface area contributed by atoms with Crippen molar-refractivity contribution in [2.75, 3.05) is 26.1 Å². The molecule has 0 unspecified atom stereocenters. The highest BCUT2D eigenvalue weighted by atomic mass is 32.2. The van der Waals surface area contributed by atoms with Crippen LogP contribution in [-0.2, 0) is 9.53 Å². The zero-order valence-corrected chi connectivity index (χ0v) is 16.0. The standard InChI is InChI=1S/C20H19N3O3S/c1-23(2)16-10-4-13(5-11-16)12-17-18(24)22-20(27-17)21-15-8-6-14(7-9-15)19(25)26-3/h4-12H,1-3H3,(H,21,22,24)/b17-12-. The van der Waals surface area contributed by atoms with Crippen LogP contribution in [0.5, 0.6) is 0 Å². The van der Waals surface area contributed by atoms with Crippen molar-refractivity contribution in [2.45, 2.75) is 0 Å². The third-order valence-corrected chi connectivity index (χ3v) is 4.79. The molecule has 0 aliphatic carbocycles. The van der Waals surface area contributed by atoms with Gasteiger partial charge in [-0.05, 0) is 59.8 Å². The van der Waals surface area contributed by atoms with Crippen LogP contribution in [0.3, 0.4) is 0 Å². The first-order valence-corrected chi connectivity index (χ1v) is 9.03. The zero-order chi connectivity index (χ0) is 19.4. The number of nitrogens with one attached hydrogen (secondary N) is 1. The van der Waals surface area contributed by atoms with E-state index < -0.39 is 5.97 Å². The molecule has 0 aromatic heterocycles. The second-order valence-electron chi connectivity index (χ2n) is 6.01. The van der Waals surface area contributed by atoms with Gasteiger partial charge in [0.25, 0.3) is 5.91 Å². The van der Waals surface area contributed by atoms with Crippen LogP contribution in [0.2, 0.25) is 0 Å². The Morgan fingerprint density at radius 2 is 1.78 bits per heavy atom. The number of hydrogen-bond donors (Lipinski definition) is 1. The number of methoxy groups -OCH3 is 1. The maximum Gasteiger partial charge on any atom is 0.337 e.